The number of carbonyl (C=O) groups excluding carboxylic acids is 4. The van der Waals surface area contributed by atoms with Crippen molar-refractivity contribution in [2.24, 2.45) is 16.5 Å². The molecule has 4 amide bonds. The van der Waals surface area contributed by atoms with Gasteiger partial charge in [-0.1, -0.05) is 48.5 Å². The number of aliphatic hydroxyl groups is 1. The van der Waals surface area contributed by atoms with Gasteiger partial charge in [-0.15, -0.1) is 0 Å². The number of aliphatic hydroxyl groups excluding tert-OH is 1. The summed E-state index contributed by atoms with van der Waals surface area (Å²) in [5, 5.41) is 21.5. The van der Waals surface area contributed by atoms with Crippen molar-refractivity contribution in [1.82, 2.24) is 26.3 Å². The number of para-hydroxylation sites is 1. The Morgan fingerprint density at radius 1 is 0.738 bits per heavy atom. The van der Waals surface area contributed by atoms with Crippen LogP contribution in [-0.4, -0.2) is 77.0 Å². The Bertz CT molecular complexity index is 1440. The predicted octanol–water partition coefficient (Wildman–Crippen LogP) is -1.05. The summed E-state index contributed by atoms with van der Waals surface area (Å²) in [5.74, 6) is -2.67. The van der Waals surface area contributed by atoms with E-state index in [0.29, 0.717) is 6.42 Å². The third-order valence-electron chi connectivity index (χ3n) is 7.04. The fourth-order valence-electron chi connectivity index (χ4n) is 4.84. The first-order valence-electron chi connectivity index (χ1n) is 13.7. The lowest BCUT2D eigenvalue weighted by Crippen LogP contribution is -2.62. The van der Waals surface area contributed by atoms with Crippen LogP contribution in [0.25, 0.3) is 10.9 Å². The number of H-pyrrole nitrogens is 1. The van der Waals surface area contributed by atoms with Gasteiger partial charge in [0.05, 0.1) is 6.61 Å². The molecule has 13 nitrogen and oxygen atoms in total. The standard InChI is InChI=1S/C29H36N8O5/c30-29(31)32-12-6-11-21-25(39)37-24(16-38)28(42)36-23(14-18-15-33-20-10-5-4-9-19(18)20)27(41)35-22(26(40)34-21)13-17-7-2-1-3-8-17/h1-5,7-10,15,21-24,33,38H,6,11-14,16H2,(H,34,40)(H,35,41)(H,36,42)(H,37,39)(H4,30,31,32)/t21-,22-,23-,24-/m0/s1. The molecule has 0 aliphatic carbocycles. The molecule has 0 spiro atoms. The van der Waals surface area contributed by atoms with Gasteiger partial charge in [0.25, 0.3) is 0 Å². The summed E-state index contributed by atoms with van der Waals surface area (Å²) in [6.45, 7) is -0.504. The number of aromatic amines is 1. The average molecular weight is 577 g/mol. The van der Waals surface area contributed by atoms with Crippen molar-refractivity contribution in [3.05, 3.63) is 71.9 Å². The second-order valence-electron chi connectivity index (χ2n) is 10.1. The molecule has 0 saturated carbocycles. The zero-order chi connectivity index (χ0) is 30.1. The van der Waals surface area contributed by atoms with Crippen LogP contribution in [-0.2, 0) is 32.0 Å². The molecular formula is C29H36N8O5. The van der Waals surface area contributed by atoms with E-state index in [1.54, 1.807) is 6.20 Å². The molecule has 4 atom stereocenters. The smallest absolute Gasteiger partial charge is 0.245 e. The van der Waals surface area contributed by atoms with Gasteiger partial charge in [0.1, 0.15) is 24.2 Å². The fraction of sp³-hybridized carbons (Fsp3) is 0.345. The highest BCUT2D eigenvalue weighted by molar-refractivity contribution is 5.98. The van der Waals surface area contributed by atoms with E-state index in [0.717, 1.165) is 22.0 Å². The van der Waals surface area contributed by atoms with Crippen molar-refractivity contribution >= 4 is 40.5 Å². The van der Waals surface area contributed by atoms with E-state index >= 15 is 0 Å². The predicted molar refractivity (Wildman–Crippen MR) is 157 cm³/mol. The molecule has 1 saturated heterocycles. The van der Waals surface area contributed by atoms with Crippen LogP contribution >= 0.6 is 0 Å². The Labute approximate surface area is 242 Å². The Morgan fingerprint density at radius 2 is 1.31 bits per heavy atom. The van der Waals surface area contributed by atoms with Crippen LogP contribution in [0.15, 0.2) is 65.8 Å². The van der Waals surface area contributed by atoms with Crippen LogP contribution in [0, 0.1) is 0 Å². The molecule has 1 aromatic heterocycles. The molecule has 0 bridgehead atoms. The highest BCUT2D eigenvalue weighted by Gasteiger charge is 2.34. The molecule has 13 heteroatoms. The van der Waals surface area contributed by atoms with E-state index in [1.165, 1.54) is 0 Å². The SMILES string of the molecule is NC(N)=NCCC[C@@H]1NC(=O)[C@H](Cc2ccccc2)NC(=O)[C@H](Cc2c[nH]c3ccccc23)NC(=O)[C@H](CO)NC1=O. The minimum absolute atomic E-state index is 0.0980. The normalized spacial score (nSPS) is 21.7. The van der Waals surface area contributed by atoms with Crippen LogP contribution in [0.1, 0.15) is 24.0 Å². The zero-order valence-electron chi connectivity index (χ0n) is 23.0. The first-order valence-corrected chi connectivity index (χ1v) is 13.7. The summed E-state index contributed by atoms with van der Waals surface area (Å²) < 4.78 is 0. The lowest BCUT2D eigenvalue weighted by molar-refractivity contribution is -0.137. The number of nitrogens with zero attached hydrogens (tertiary/aromatic N) is 1. The maximum atomic E-state index is 13.7. The number of nitrogens with two attached hydrogens (primary N) is 2. The van der Waals surface area contributed by atoms with E-state index in [4.69, 9.17) is 11.5 Å². The summed E-state index contributed by atoms with van der Waals surface area (Å²) in [5.41, 5.74) is 13.2. The van der Waals surface area contributed by atoms with Crippen LogP contribution in [0.2, 0.25) is 0 Å². The molecule has 1 fully saturated rings. The first-order chi connectivity index (χ1) is 20.2. The van der Waals surface area contributed by atoms with E-state index in [2.05, 4.69) is 31.2 Å². The Balaban J connectivity index is 1.64. The summed E-state index contributed by atoms with van der Waals surface area (Å²) in [6, 6.07) is 12.1. The number of rotatable bonds is 9. The maximum absolute atomic E-state index is 13.7. The van der Waals surface area contributed by atoms with Gasteiger partial charge in [0.2, 0.25) is 23.6 Å². The minimum Gasteiger partial charge on any atom is -0.394 e. The first kappa shape index (κ1) is 30.1. The molecule has 42 heavy (non-hydrogen) atoms. The molecule has 0 unspecified atom stereocenters. The Morgan fingerprint density at radius 3 is 2.00 bits per heavy atom. The number of nitrogens with one attached hydrogen (secondary N) is 5. The number of guanidine groups is 1. The van der Waals surface area contributed by atoms with Gasteiger partial charge in [-0.2, -0.15) is 0 Å². The molecule has 0 radical (unpaired) electrons. The largest absolute Gasteiger partial charge is 0.394 e. The van der Waals surface area contributed by atoms with E-state index in [9.17, 15) is 24.3 Å². The van der Waals surface area contributed by atoms with Gasteiger partial charge in [-0.05, 0) is 30.0 Å². The highest BCUT2D eigenvalue weighted by Crippen LogP contribution is 2.19. The van der Waals surface area contributed by atoms with Gasteiger partial charge in [-0.25, -0.2) is 0 Å². The molecule has 10 N–H and O–H groups in total. The number of aromatic nitrogens is 1. The quantitative estimate of drug-likeness (QED) is 0.0897. The molecule has 1 aliphatic heterocycles. The molecular weight excluding hydrogens is 540 g/mol. The molecule has 1 aliphatic rings. The van der Waals surface area contributed by atoms with Crippen molar-refractivity contribution < 1.29 is 24.3 Å². The topological polar surface area (TPSA) is 217 Å². The zero-order valence-corrected chi connectivity index (χ0v) is 23.0. The van der Waals surface area contributed by atoms with Gasteiger partial charge in [0.15, 0.2) is 5.96 Å². The Hall–Kier alpha value is -4.91. The Kier molecular flexibility index (Phi) is 10.1. The third-order valence-corrected chi connectivity index (χ3v) is 7.04. The van der Waals surface area contributed by atoms with Gasteiger partial charge in [-0.3, -0.25) is 24.2 Å². The molecule has 3 aromatic rings. The molecule has 2 heterocycles. The van der Waals surface area contributed by atoms with Crippen LogP contribution in [0.4, 0.5) is 0 Å². The molecule has 4 rings (SSSR count). The minimum atomic E-state index is -1.35. The number of amides is 4. The van der Waals surface area contributed by atoms with E-state index < -0.39 is 54.4 Å². The van der Waals surface area contributed by atoms with Crippen molar-refractivity contribution in [2.45, 2.75) is 49.9 Å². The maximum Gasteiger partial charge on any atom is 0.245 e. The van der Waals surface area contributed by atoms with Crippen molar-refractivity contribution in [3.8, 4) is 0 Å². The fourth-order valence-corrected chi connectivity index (χ4v) is 4.84. The molecule has 222 valence electrons. The number of hydrogen-bond acceptors (Lipinski definition) is 6. The number of benzene rings is 2. The number of hydrogen-bond donors (Lipinski definition) is 8. The van der Waals surface area contributed by atoms with Crippen molar-refractivity contribution in [1.29, 1.82) is 0 Å². The second-order valence-corrected chi connectivity index (χ2v) is 10.1. The monoisotopic (exact) mass is 576 g/mol. The summed E-state index contributed by atoms with van der Waals surface area (Å²) in [7, 11) is 0. The number of carbonyl (C=O) groups is 4. The van der Waals surface area contributed by atoms with Crippen LogP contribution < -0.4 is 32.7 Å². The number of aliphatic imine (C=N–C) groups is 1. The van der Waals surface area contributed by atoms with Crippen molar-refractivity contribution in [2.75, 3.05) is 13.2 Å². The van der Waals surface area contributed by atoms with E-state index in [1.807, 2.05) is 54.6 Å². The molecule has 2 aromatic carbocycles. The average Bonchev–Trinajstić information content (AvgIpc) is 3.39. The third kappa shape index (κ3) is 7.85. The van der Waals surface area contributed by atoms with Crippen LogP contribution in [0.5, 0.6) is 0 Å². The van der Waals surface area contributed by atoms with Crippen LogP contribution in [0.3, 0.4) is 0 Å². The summed E-state index contributed by atoms with van der Waals surface area (Å²) >= 11 is 0. The summed E-state index contributed by atoms with van der Waals surface area (Å²) in [4.78, 5) is 60.8. The van der Waals surface area contributed by atoms with Crippen molar-refractivity contribution in [3.63, 3.8) is 0 Å². The lowest BCUT2D eigenvalue weighted by atomic mass is 10.0. The van der Waals surface area contributed by atoms with Gasteiger partial charge >= 0.3 is 0 Å². The summed E-state index contributed by atoms with van der Waals surface area (Å²) in [6.07, 6.45) is 2.49. The van der Waals surface area contributed by atoms with Gasteiger partial charge in [0, 0.05) is 36.5 Å². The highest BCUT2D eigenvalue weighted by atomic mass is 16.3. The second kappa shape index (κ2) is 14.1. The van der Waals surface area contributed by atoms with E-state index in [-0.39, 0.29) is 31.8 Å². The lowest BCUT2D eigenvalue weighted by Gasteiger charge is -2.29. The van der Waals surface area contributed by atoms with Gasteiger partial charge < -0.3 is 42.8 Å². The number of fused-ring (bicyclic) bond motifs is 1.